The second kappa shape index (κ2) is 50.1. The topological polar surface area (TPSA) is 80.9 Å². The number of unbranched alkanes of at least 4 members (excludes halogenated alkanes) is 4. The van der Waals surface area contributed by atoms with Crippen LogP contribution in [0.3, 0.4) is 0 Å². The third-order valence-electron chi connectivity index (χ3n) is 2.05. The zero-order chi connectivity index (χ0) is 16.5. The summed E-state index contributed by atoms with van der Waals surface area (Å²) in [5, 5.41) is 32.3. The summed E-state index contributed by atoms with van der Waals surface area (Å²) in [6.45, 7) is 9.58. The molecule has 0 aliphatic heterocycles. The van der Waals surface area contributed by atoms with Gasteiger partial charge in [0.2, 0.25) is 0 Å². The lowest BCUT2D eigenvalue weighted by Gasteiger charge is -1.79. The fourth-order valence-electron chi connectivity index (χ4n) is 0.632. The molecule has 0 aromatic carbocycles. The van der Waals surface area contributed by atoms with Gasteiger partial charge in [0.15, 0.2) is 0 Å². The van der Waals surface area contributed by atoms with E-state index in [1.165, 1.54) is 0 Å². The molecule has 4 N–H and O–H groups in total. The van der Waals surface area contributed by atoms with E-state index in [2.05, 4.69) is 27.7 Å². The average molecular weight is 333 g/mol. The van der Waals surface area contributed by atoms with E-state index in [0.29, 0.717) is 26.4 Å². The molecule has 0 aliphatic carbocycles. The Hall–Kier alpha value is 0.130. The Balaban J connectivity index is -0.0000000533. The van der Waals surface area contributed by atoms with Crippen molar-refractivity contribution in [3.8, 4) is 0 Å². The Morgan fingerprint density at radius 1 is 0.429 bits per heavy atom. The van der Waals surface area contributed by atoms with Gasteiger partial charge in [-0.25, -0.2) is 0 Å². The standard InChI is InChI=1S/4C4H10O.ClH/c4*1-2-3-4-5;/h4*5H,2-4H2,1H3;1H. The van der Waals surface area contributed by atoms with E-state index in [9.17, 15) is 0 Å². The normalized spacial score (nSPS) is 8.00. The first-order valence-electron chi connectivity index (χ1n) is 8.09. The Labute approximate surface area is 139 Å². The molecule has 0 aromatic rings. The van der Waals surface area contributed by atoms with Crippen molar-refractivity contribution < 1.29 is 20.4 Å². The fraction of sp³-hybridized carbons (Fsp3) is 1.00. The van der Waals surface area contributed by atoms with Gasteiger partial charge in [0.1, 0.15) is 0 Å². The molecular weight excluding hydrogens is 292 g/mol. The predicted molar refractivity (Wildman–Crippen MR) is 95.2 cm³/mol. The highest BCUT2D eigenvalue weighted by Gasteiger charge is 1.70. The highest BCUT2D eigenvalue weighted by molar-refractivity contribution is 5.85. The molecule has 4 nitrogen and oxygen atoms in total. The zero-order valence-electron chi connectivity index (χ0n) is 14.7. The first-order valence-corrected chi connectivity index (χ1v) is 8.09. The smallest absolute Gasteiger partial charge is 0.0430 e. The molecule has 0 heterocycles. The maximum Gasteiger partial charge on any atom is 0.0430 e. The number of halogens is 1. The third-order valence-corrected chi connectivity index (χ3v) is 2.05. The van der Waals surface area contributed by atoms with Crippen molar-refractivity contribution in [1.82, 2.24) is 0 Å². The van der Waals surface area contributed by atoms with Crippen LogP contribution in [0.15, 0.2) is 0 Å². The van der Waals surface area contributed by atoms with Gasteiger partial charge in [-0.3, -0.25) is 0 Å². The van der Waals surface area contributed by atoms with Crippen molar-refractivity contribution in [1.29, 1.82) is 0 Å². The first kappa shape index (κ1) is 32.9. The Bertz CT molecular complexity index is 74.3. The summed E-state index contributed by atoms with van der Waals surface area (Å²) in [6, 6.07) is 0. The molecule has 0 atom stereocenters. The molecule has 0 aromatic heterocycles. The van der Waals surface area contributed by atoms with Crippen LogP contribution in [-0.2, 0) is 0 Å². The van der Waals surface area contributed by atoms with Gasteiger partial charge >= 0.3 is 0 Å². The number of hydrogen-bond donors (Lipinski definition) is 4. The van der Waals surface area contributed by atoms with Gasteiger partial charge in [-0.15, -0.1) is 12.4 Å². The molecule has 0 radical (unpaired) electrons. The Morgan fingerprint density at radius 3 is 0.571 bits per heavy atom. The molecule has 0 spiro atoms. The number of hydrogen-bond acceptors (Lipinski definition) is 4. The quantitative estimate of drug-likeness (QED) is 0.548. The Morgan fingerprint density at radius 2 is 0.571 bits per heavy atom. The summed E-state index contributed by atoms with van der Waals surface area (Å²) in [5.41, 5.74) is 0. The Kier molecular flexibility index (Phi) is 78.5. The van der Waals surface area contributed by atoms with Crippen LogP contribution >= 0.6 is 12.4 Å². The van der Waals surface area contributed by atoms with Crippen LogP contribution in [-0.4, -0.2) is 46.9 Å². The molecule has 0 amide bonds. The van der Waals surface area contributed by atoms with Gasteiger partial charge in [0.25, 0.3) is 0 Å². The van der Waals surface area contributed by atoms with Gasteiger partial charge < -0.3 is 20.4 Å². The lowest BCUT2D eigenvalue weighted by atomic mass is 10.4. The van der Waals surface area contributed by atoms with E-state index >= 15 is 0 Å². The van der Waals surface area contributed by atoms with E-state index in [4.69, 9.17) is 20.4 Å². The van der Waals surface area contributed by atoms with E-state index in [1.807, 2.05) is 0 Å². The van der Waals surface area contributed by atoms with Crippen LogP contribution in [0.1, 0.15) is 79.1 Å². The molecule has 0 aliphatic rings. The van der Waals surface area contributed by atoms with Gasteiger partial charge in [-0.2, -0.15) is 0 Å². The molecule has 0 unspecified atom stereocenters. The number of aliphatic hydroxyl groups is 4. The van der Waals surface area contributed by atoms with Crippen molar-refractivity contribution in [2.75, 3.05) is 26.4 Å². The number of aliphatic hydroxyl groups excluding tert-OH is 4. The van der Waals surface area contributed by atoms with E-state index in [1.54, 1.807) is 0 Å². The molecule has 0 fully saturated rings. The molecule has 0 saturated carbocycles. The summed E-state index contributed by atoms with van der Waals surface area (Å²) >= 11 is 0. The molecule has 21 heavy (non-hydrogen) atoms. The predicted octanol–water partition coefficient (Wildman–Crippen LogP) is 3.54. The lowest BCUT2D eigenvalue weighted by molar-refractivity contribution is 0.286. The van der Waals surface area contributed by atoms with Gasteiger partial charge in [-0.05, 0) is 25.7 Å². The highest BCUT2D eigenvalue weighted by atomic mass is 35.5. The molecule has 0 rings (SSSR count). The van der Waals surface area contributed by atoms with Crippen LogP contribution < -0.4 is 0 Å². The van der Waals surface area contributed by atoms with Gasteiger partial charge in [0, 0.05) is 26.4 Å². The van der Waals surface area contributed by atoms with Crippen molar-refractivity contribution in [2.45, 2.75) is 79.1 Å². The minimum Gasteiger partial charge on any atom is -0.396 e. The second-order valence-corrected chi connectivity index (χ2v) is 4.31. The summed E-state index contributed by atoms with van der Waals surface area (Å²) in [6.07, 6.45) is 8.15. The van der Waals surface area contributed by atoms with Crippen molar-refractivity contribution in [2.24, 2.45) is 0 Å². The van der Waals surface area contributed by atoms with Crippen LogP contribution in [0.4, 0.5) is 0 Å². The van der Waals surface area contributed by atoms with Crippen LogP contribution in [0, 0.1) is 0 Å². The lowest BCUT2D eigenvalue weighted by Crippen LogP contribution is -1.75. The van der Waals surface area contributed by atoms with E-state index < -0.39 is 0 Å². The highest BCUT2D eigenvalue weighted by Crippen LogP contribution is 1.80. The fourth-order valence-corrected chi connectivity index (χ4v) is 0.632. The number of rotatable bonds is 8. The minimum absolute atomic E-state index is 0. The molecule has 0 bridgehead atoms. The maximum atomic E-state index is 8.07. The van der Waals surface area contributed by atoms with Crippen LogP contribution in [0.5, 0.6) is 0 Å². The average Bonchev–Trinajstić information content (AvgIpc) is 2.44. The van der Waals surface area contributed by atoms with E-state index in [0.717, 1.165) is 51.4 Å². The van der Waals surface area contributed by atoms with Crippen LogP contribution in [0.2, 0.25) is 0 Å². The molecule has 5 heteroatoms. The van der Waals surface area contributed by atoms with Gasteiger partial charge in [-0.1, -0.05) is 53.4 Å². The summed E-state index contributed by atoms with van der Waals surface area (Å²) in [5.74, 6) is 0. The largest absolute Gasteiger partial charge is 0.396 e. The van der Waals surface area contributed by atoms with Gasteiger partial charge in [0.05, 0.1) is 0 Å². The van der Waals surface area contributed by atoms with Crippen molar-refractivity contribution >= 4 is 12.4 Å². The van der Waals surface area contributed by atoms with Crippen molar-refractivity contribution in [3.05, 3.63) is 0 Å². The summed E-state index contributed by atoms with van der Waals surface area (Å²) < 4.78 is 0. The molecule has 136 valence electrons. The molecule has 0 saturated heterocycles. The summed E-state index contributed by atoms with van der Waals surface area (Å²) in [7, 11) is 0. The van der Waals surface area contributed by atoms with Crippen molar-refractivity contribution in [3.63, 3.8) is 0 Å². The third kappa shape index (κ3) is 100. The maximum absolute atomic E-state index is 8.07. The summed E-state index contributed by atoms with van der Waals surface area (Å²) in [4.78, 5) is 0. The first-order chi connectivity index (χ1) is 9.66. The van der Waals surface area contributed by atoms with E-state index in [-0.39, 0.29) is 12.4 Å². The second-order valence-electron chi connectivity index (χ2n) is 4.31. The zero-order valence-corrected chi connectivity index (χ0v) is 15.5. The monoisotopic (exact) mass is 332 g/mol. The van der Waals surface area contributed by atoms with Crippen LogP contribution in [0.25, 0.3) is 0 Å². The SMILES string of the molecule is CCCCO.CCCCO.CCCCO.CCCCO.Cl. The minimum atomic E-state index is 0. The molecular formula is C16H41ClO4.